The highest BCUT2D eigenvalue weighted by molar-refractivity contribution is 4.59. The summed E-state index contributed by atoms with van der Waals surface area (Å²) in [5, 5.41) is 35.2. The third-order valence-corrected chi connectivity index (χ3v) is 1.84. The smallest absolute Gasteiger partial charge is 0.106 e. The lowest BCUT2D eigenvalue weighted by molar-refractivity contribution is -0.0979. The lowest BCUT2D eigenvalue weighted by atomic mass is 10.3. The van der Waals surface area contributed by atoms with E-state index >= 15 is 0 Å². The van der Waals surface area contributed by atoms with Gasteiger partial charge < -0.3 is 34.7 Å². The van der Waals surface area contributed by atoms with Gasteiger partial charge in [0, 0.05) is 0 Å². The highest BCUT2D eigenvalue weighted by Gasteiger charge is 2.13. The van der Waals surface area contributed by atoms with Crippen molar-refractivity contribution in [3.63, 3.8) is 0 Å². The van der Waals surface area contributed by atoms with Crippen molar-refractivity contribution >= 4 is 0 Å². The molecule has 0 spiro atoms. The molecular weight excluding hydrogens is 234 g/mol. The molecule has 0 aromatic rings. The minimum atomic E-state index is -0.974. The van der Waals surface area contributed by atoms with Crippen molar-refractivity contribution in [2.75, 3.05) is 39.6 Å². The van der Waals surface area contributed by atoms with Gasteiger partial charge >= 0.3 is 0 Å². The van der Waals surface area contributed by atoms with E-state index in [9.17, 15) is 0 Å². The zero-order valence-electron chi connectivity index (χ0n) is 9.57. The van der Waals surface area contributed by atoms with Crippen LogP contribution in [0.2, 0.25) is 0 Å². The summed E-state index contributed by atoms with van der Waals surface area (Å²) in [6.45, 7) is -0.762. The van der Waals surface area contributed by atoms with Crippen LogP contribution in [0.15, 0.2) is 0 Å². The number of nitrogens with two attached hydrogens (primary N) is 1. The third kappa shape index (κ3) is 9.39. The molecule has 0 aliphatic rings. The van der Waals surface area contributed by atoms with Gasteiger partial charge in [0.05, 0.1) is 39.6 Å². The number of hydrogen-bond acceptors (Lipinski definition) is 8. The maximum absolute atomic E-state index is 9.07. The van der Waals surface area contributed by atoms with E-state index in [1.165, 1.54) is 0 Å². The predicted octanol–water partition coefficient (Wildman–Crippen LogP) is -3.02. The lowest BCUT2D eigenvalue weighted by Gasteiger charge is -2.19. The SMILES string of the molecule is NOCC(COCC(O)CO)OCC(O)CO. The van der Waals surface area contributed by atoms with Gasteiger partial charge in [-0.15, -0.1) is 0 Å². The Hall–Kier alpha value is -0.320. The van der Waals surface area contributed by atoms with E-state index < -0.39 is 24.9 Å². The Morgan fingerprint density at radius 2 is 1.47 bits per heavy atom. The van der Waals surface area contributed by atoms with E-state index in [0.29, 0.717) is 0 Å². The fraction of sp³-hybridized carbons (Fsp3) is 1.00. The van der Waals surface area contributed by atoms with Gasteiger partial charge in [0.1, 0.15) is 18.3 Å². The number of aliphatic hydroxyl groups is 4. The minimum Gasteiger partial charge on any atom is -0.394 e. The molecular formula is C9H21NO7. The van der Waals surface area contributed by atoms with Crippen LogP contribution >= 0.6 is 0 Å². The largest absolute Gasteiger partial charge is 0.394 e. The first-order valence-corrected chi connectivity index (χ1v) is 5.22. The molecule has 8 heteroatoms. The van der Waals surface area contributed by atoms with Gasteiger partial charge in [-0.25, -0.2) is 5.90 Å². The molecule has 0 heterocycles. The van der Waals surface area contributed by atoms with E-state index in [4.69, 9.17) is 35.8 Å². The van der Waals surface area contributed by atoms with Gasteiger partial charge in [-0.3, -0.25) is 0 Å². The fourth-order valence-corrected chi connectivity index (χ4v) is 0.940. The Balaban J connectivity index is 3.73. The average Bonchev–Trinajstić information content (AvgIpc) is 2.35. The number of ether oxygens (including phenoxy) is 2. The molecule has 0 aliphatic heterocycles. The number of rotatable bonds is 11. The van der Waals surface area contributed by atoms with Crippen LogP contribution in [0.1, 0.15) is 0 Å². The van der Waals surface area contributed by atoms with Crippen molar-refractivity contribution in [2.45, 2.75) is 18.3 Å². The third-order valence-electron chi connectivity index (χ3n) is 1.84. The molecule has 3 atom stereocenters. The summed E-state index contributed by atoms with van der Waals surface area (Å²) in [4.78, 5) is 4.39. The minimum absolute atomic E-state index is 0.0382. The van der Waals surface area contributed by atoms with Gasteiger partial charge in [0.2, 0.25) is 0 Å². The van der Waals surface area contributed by atoms with E-state index in [-0.39, 0.29) is 33.0 Å². The monoisotopic (exact) mass is 255 g/mol. The van der Waals surface area contributed by atoms with E-state index in [1.54, 1.807) is 0 Å². The van der Waals surface area contributed by atoms with Crippen LogP contribution in [0.5, 0.6) is 0 Å². The summed E-state index contributed by atoms with van der Waals surface area (Å²) in [5.41, 5.74) is 0. The van der Waals surface area contributed by atoms with Gasteiger partial charge in [-0.2, -0.15) is 0 Å². The molecule has 6 N–H and O–H groups in total. The molecule has 0 aromatic carbocycles. The quantitative estimate of drug-likeness (QED) is 0.246. The standard InChI is InChI=1S/C9H21NO7/c10-17-6-9(16-4-8(14)2-12)5-15-3-7(13)1-11/h7-9,11-14H,1-6,10H2. The van der Waals surface area contributed by atoms with Gasteiger partial charge in [0.15, 0.2) is 0 Å². The second kappa shape index (κ2) is 10.8. The first-order chi connectivity index (χ1) is 8.13. The lowest BCUT2D eigenvalue weighted by Crippen LogP contribution is -2.33. The van der Waals surface area contributed by atoms with E-state index in [2.05, 4.69) is 4.84 Å². The van der Waals surface area contributed by atoms with Crippen LogP contribution in [0.25, 0.3) is 0 Å². The van der Waals surface area contributed by atoms with Crippen molar-refractivity contribution in [2.24, 2.45) is 5.90 Å². The second-order valence-electron chi connectivity index (χ2n) is 3.50. The zero-order valence-corrected chi connectivity index (χ0v) is 9.57. The first kappa shape index (κ1) is 16.7. The second-order valence-corrected chi connectivity index (χ2v) is 3.50. The predicted molar refractivity (Wildman–Crippen MR) is 56.9 cm³/mol. The summed E-state index contributed by atoms with van der Waals surface area (Å²) >= 11 is 0. The maximum Gasteiger partial charge on any atom is 0.106 e. The number of hydrogen-bond donors (Lipinski definition) is 5. The molecule has 0 fully saturated rings. The zero-order chi connectivity index (χ0) is 13.1. The molecule has 0 aromatic heterocycles. The maximum atomic E-state index is 9.07. The molecule has 0 saturated heterocycles. The normalized spacial score (nSPS) is 16.8. The summed E-state index contributed by atoms with van der Waals surface area (Å²) in [6.07, 6.45) is -2.44. The Bertz CT molecular complexity index is 171. The van der Waals surface area contributed by atoms with E-state index in [1.807, 2.05) is 0 Å². The van der Waals surface area contributed by atoms with Gasteiger partial charge in [0.25, 0.3) is 0 Å². The van der Waals surface area contributed by atoms with Crippen molar-refractivity contribution in [3.05, 3.63) is 0 Å². The molecule has 0 bridgehead atoms. The molecule has 0 aliphatic carbocycles. The van der Waals surface area contributed by atoms with Crippen LogP contribution in [-0.4, -0.2) is 78.4 Å². The van der Waals surface area contributed by atoms with Crippen LogP contribution < -0.4 is 5.90 Å². The van der Waals surface area contributed by atoms with Crippen molar-refractivity contribution in [1.29, 1.82) is 0 Å². The Labute approximate surface area is 99.5 Å². The molecule has 0 saturated carbocycles. The van der Waals surface area contributed by atoms with Crippen molar-refractivity contribution in [1.82, 2.24) is 0 Å². The van der Waals surface area contributed by atoms with Gasteiger partial charge in [-0.1, -0.05) is 0 Å². The summed E-state index contributed by atoms with van der Waals surface area (Å²) in [6, 6.07) is 0. The Kier molecular flexibility index (Phi) is 10.6. The molecule has 0 radical (unpaired) electrons. The molecule has 17 heavy (non-hydrogen) atoms. The van der Waals surface area contributed by atoms with Crippen molar-refractivity contribution < 1.29 is 34.7 Å². The van der Waals surface area contributed by atoms with Crippen LogP contribution in [-0.2, 0) is 14.3 Å². The highest BCUT2D eigenvalue weighted by Crippen LogP contribution is 1.97. The summed E-state index contributed by atoms with van der Waals surface area (Å²) in [7, 11) is 0. The van der Waals surface area contributed by atoms with E-state index in [0.717, 1.165) is 0 Å². The molecule has 0 amide bonds. The average molecular weight is 255 g/mol. The Morgan fingerprint density at radius 1 is 0.882 bits per heavy atom. The number of aliphatic hydroxyl groups excluding tert-OH is 4. The molecule has 3 unspecified atom stereocenters. The van der Waals surface area contributed by atoms with Crippen LogP contribution in [0.3, 0.4) is 0 Å². The molecule has 104 valence electrons. The first-order valence-electron chi connectivity index (χ1n) is 5.22. The van der Waals surface area contributed by atoms with Crippen LogP contribution in [0.4, 0.5) is 0 Å². The summed E-state index contributed by atoms with van der Waals surface area (Å²) in [5.74, 6) is 4.89. The summed E-state index contributed by atoms with van der Waals surface area (Å²) < 4.78 is 10.2. The highest BCUT2D eigenvalue weighted by atomic mass is 16.6. The van der Waals surface area contributed by atoms with Crippen LogP contribution in [0, 0.1) is 0 Å². The molecule has 0 rings (SSSR count). The fourth-order valence-electron chi connectivity index (χ4n) is 0.940. The van der Waals surface area contributed by atoms with Gasteiger partial charge in [-0.05, 0) is 0 Å². The Morgan fingerprint density at radius 3 is 2.00 bits per heavy atom. The topological polar surface area (TPSA) is 135 Å². The van der Waals surface area contributed by atoms with Crippen molar-refractivity contribution in [3.8, 4) is 0 Å². The molecule has 8 nitrogen and oxygen atoms in total.